The van der Waals surface area contributed by atoms with Crippen LogP contribution in [0.1, 0.15) is 12.2 Å². The molecule has 18 heavy (non-hydrogen) atoms. The van der Waals surface area contributed by atoms with E-state index < -0.39 is 0 Å². The fourth-order valence-electron chi connectivity index (χ4n) is 1.97. The Labute approximate surface area is 108 Å². The first kappa shape index (κ1) is 13.0. The van der Waals surface area contributed by atoms with E-state index in [1.165, 1.54) is 0 Å². The third-order valence-electron chi connectivity index (χ3n) is 2.89. The third kappa shape index (κ3) is 3.82. The highest BCUT2D eigenvalue weighted by atomic mass is 16.5. The van der Waals surface area contributed by atoms with Crippen molar-refractivity contribution < 1.29 is 4.74 Å². The lowest BCUT2D eigenvalue weighted by Crippen LogP contribution is -2.42. The highest BCUT2D eigenvalue weighted by Gasteiger charge is 2.12. The molecular weight excluding hydrogens is 230 g/mol. The highest BCUT2D eigenvalue weighted by molar-refractivity contribution is 5.46. The van der Waals surface area contributed by atoms with Crippen molar-refractivity contribution in [2.45, 2.75) is 19.4 Å². The number of morpholine rings is 1. The quantitative estimate of drug-likeness (QED) is 0.712. The molecule has 1 unspecified atom stereocenters. The molecule has 1 atom stereocenters. The first-order valence-electron chi connectivity index (χ1n) is 6.36. The largest absolute Gasteiger partial charge is 0.379 e. The van der Waals surface area contributed by atoms with Crippen LogP contribution in [0.5, 0.6) is 0 Å². The van der Waals surface area contributed by atoms with E-state index in [0.717, 1.165) is 50.2 Å². The molecule has 0 bridgehead atoms. The van der Waals surface area contributed by atoms with Crippen molar-refractivity contribution >= 4 is 11.6 Å². The van der Waals surface area contributed by atoms with Gasteiger partial charge in [-0.1, -0.05) is 0 Å². The van der Waals surface area contributed by atoms with E-state index in [0.29, 0.717) is 6.04 Å². The number of aryl methyl sites for hydroxylation is 1. The molecule has 2 rings (SSSR count). The van der Waals surface area contributed by atoms with Crippen LogP contribution in [-0.2, 0) is 4.74 Å². The van der Waals surface area contributed by atoms with Gasteiger partial charge in [0.15, 0.2) is 0 Å². The molecule has 3 N–H and O–H groups in total. The molecule has 1 aromatic rings. The van der Waals surface area contributed by atoms with Crippen molar-refractivity contribution in [2.75, 3.05) is 44.0 Å². The van der Waals surface area contributed by atoms with Crippen LogP contribution in [0.25, 0.3) is 0 Å². The normalized spacial score (nSPS) is 19.6. The van der Waals surface area contributed by atoms with E-state index in [-0.39, 0.29) is 0 Å². The molecule has 0 radical (unpaired) electrons. The van der Waals surface area contributed by atoms with Crippen molar-refractivity contribution in [1.82, 2.24) is 15.3 Å². The molecule has 0 spiro atoms. The monoisotopic (exact) mass is 251 g/mol. The summed E-state index contributed by atoms with van der Waals surface area (Å²) in [6.45, 7) is 5.33. The zero-order chi connectivity index (χ0) is 12.8. The minimum atomic E-state index is 0.443. The Morgan fingerprint density at radius 1 is 1.44 bits per heavy atom. The molecule has 6 heteroatoms. The van der Waals surface area contributed by atoms with E-state index in [1.54, 1.807) is 0 Å². The third-order valence-corrected chi connectivity index (χ3v) is 2.89. The van der Waals surface area contributed by atoms with Crippen LogP contribution < -0.4 is 16.0 Å². The van der Waals surface area contributed by atoms with Crippen molar-refractivity contribution in [3.05, 3.63) is 11.9 Å². The summed E-state index contributed by atoms with van der Waals surface area (Å²) in [5, 5.41) is 9.77. The van der Waals surface area contributed by atoms with Crippen LogP contribution >= 0.6 is 0 Å². The average molecular weight is 251 g/mol. The van der Waals surface area contributed by atoms with Crippen LogP contribution in [0.15, 0.2) is 6.07 Å². The van der Waals surface area contributed by atoms with Gasteiger partial charge in [0, 0.05) is 32.2 Å². The summed E-state index contributed by atoms with van der Waals surface area (Å²) in [4.78, 5) is 8.61. The molecule has 1 aliphatic rings. The summed E-state index contributed by atoms with van der Waals surface area (Å²) in [6, 6.07) is 2.36. The lowest BCUT2D eigenvalue weighted by atomic mass is 10.2. The minimum absolute atomic E-state index is 0.443. The van der Waals surface area contributed by atoms with Gasteiger partial charge in [0.05, 0.1) is 13.2 Å². The summed E-state index contributed by atoms with van der Waals surface area (Å²) in [6.07, 6.45) is 1.03. The van der Waals surface area contributed by atoms with Gasteiger partial charge < -0.3 is 20.7 Å². The maximum absolute atomic E-state index is 5.41. The van der Waals surface area contributed by atoms with Crippen LogP contribution in [0.3, 0.4) is 0 Å². The van der Waals surface area contributed by atoms with Crippen LogP contribution in [0, 0.1) is 6.92 Å². The second-order valence-electron chi connectivity index (χ2n) is 4.38. The molecule has 1 aliphatic heterocycles. The van der Waals surface area contributed by atoms with E-state index in [2.05, 4.69) is 25.9 Å². The predicted molar refractivity (Wildman–Crippen MR) is 72.0 cm³/mol. The van der Waals surface area contributed by atoms with Crippen molar-refractivity contribution in [1.29, 1.82) is 0 Å². The van der Waals surface area contributed by atoms with Gasteiger partial charge in [0.25, 0.3) is 0 Å². The van der Waals surface area contributed by atoms with E-state index in [4.69, 9.17) is 4.74 Å². The first-order chi connectivity index (χ1) is 8.78. The second-order valence-corrected chi connectivity index (χ2v) is 4.38. The standard InChI is InChI=1S/C12H21N5O/c1-9-16-11(13-2)7-12(17-9)15-4-3-10-8-18-6-5-14-10/h7,10,14H,3-6,8H2,1-2H3,(H2,13,15,16,17). The zero-order valence-electron chi connectivity index (χ0n) is 11.0. The Kier molecular flexibility index (Phi) is 4.72. The smallest absolute Gasteiger partial charge is 0.131 e. The Morgan fingerprint density at radius 2 is 2.28 bits per heavy atom. The Hall–Kier alpha value is -1.40. The Balaban J connectivity index is 1.80. The molecule has 1 aromatic heterocycles. The number of nitrogens with one attached hydrogen (secondary N) is 3. The van der Waals surface area contributed by atoms with E-state index >= 15 is 0 Å². The van der Waals surface area contributed by atoms with Gasteiger partial charge in [0.2, 0.25) is 0 Å². The lowest BCUT2D eigenvalue weighted by molar-refractivity contribution is 0.0753. The van der Waals surface area contributed by atoms with Gasteiger partial charge >= 0.3 is 0 Å². The summed E-state index contributed by atoms with van der Waals surface area (Å²) in [5.41, 5.74) is 0. The number of aromatic nitrogens is 2. The number of anilines is 2. The fourth-order valence-corrected chi connectivity index (χ4v) is 1.97. The van der Waals surface area contributed by atoms with Crippen molar-refractivity contribution in [3.63, 3.8) is 0 Å². The maximum Gasteiger partial charge on any atom is 0.131 e. The molecule has 100 valence electrons. The van der Waals surface area contributed by atoms with Gasteiger partial charge in [-0.15, -0.1) is 0 Å². The van der Waals surface area contributed by atoms with E-state index in [1.807, 2.05) is 20.0 Å². The number of hydrogen-bond donors (Lipinski definition) is 3. The molecule has 1 fully saturated rings. The van der Waals surface area contributed by atoms with Gasteiger partial charge in [-0.05, 0) is 13.3 Å². The minimum Gasteiger partial charge on any atom is -0.379 e. The number of nitrogens with zero attached hydrogens (tertiary/aromatic N) is 2. The lowest BCUT2D eigenvalue weighted by Gasteiger charge is -2.23. The molecular formula is C12H21N5O. The predicted octanol–water partition coefficient (Wildman–Crippen LogP) is 0.617. The second kappa shape index (κ2) is 6.51. The van der Waals surface area contributed by atoms with Crippen LogP contribution in [0.2, 0.25) is 0 Å². The summed E-state index contributed by atoms with van der Waals surface area (Å²) in [5.74, 6) is 2.47. The van der Waals surface area contributed by atoms with Crippen molar-refractivity contribution in [3.8, 4) is 0 Å². The molecule has 6 nitrogen and oxygen atoms in total. The molecule has 0 amide bonds. The highest BCUT2D eigenvalue weighted by Crippen LogP contribution is 2.10. The van der Waals surface area contributed by atoms with Crippen LogP contribution in [-0.4, -0.2) is 49.4 Å². The Morgan fingerprint density at radius 3 is 3.00 bits per heavy atom. The maximum atomic E-state index is 5.41. The van der Waals surface area contributed by atoms with Crippen LogP contribution in [0.4, 0.5) is 11.6 Å². The number of hydrogen-bond acceptors (Lipinski definition) is 6. The number of rotatable bonds is 5. The average Bonchev–Trinajstić information content (AvgIpc) is 2.39. The molecule has 0 aliphatic carbocycles. The SMILES string of the molecule is CNc1cc(NCCC2COCCN2)nc(C)n1. The number of ether oxygens (including phenoxy) is 1. The summed E-state index contributed by atoms with van der Waals surface area (Å²) < 4.78 is 5.41. The van der Waals surface area contributed by atoms with Gasteiger partial charge in [-0.3, -0.25) is 0 Å². The molecule has 0 aromatic carbocycles. The first-order valence-corrected chi connectivity index (χ1v) is 6.36. The van der Waals surface area contributed by atoms with Crippen molar-refractivity contribution in [2.24, 2.45) is 0 Å². The summed E-state index contributed by atoms with van der Waals surface area (Å²) >= 11 is 0. The molecule has 1 saturated heterocycles. The zero-order valence-corrected chi connectivity index (χ0v) is 11.0. The molecule has 2 heterocycles. The van der Waals surface area contributed by atoms with E-state index in [9.17, 15) is 0 Å². The molecule has 0 saturated carbocycles. The topological polar surface area (TPSA) is 71.1 Å². The van der Waals surface area contributed by atoms with Gasteiger partial charge in [-0.25, -0.2) is 9.97 Å². The van der Waals surface area contributed by atoms with Gasteiger partial charge in [-0.2, -0.15) is 0 Å². The van der Waals surface area contributed by atoms with Gasteiger partial charge in [0.1, 0.15) is 17.5 Å². The Bertz CT molecular complexity index is 379. The summed E-state index contributed by atoms with van der Waals surface area (Å²) in [7, 11) is 1.86. The fraction of sp³-hybridized carbons (Fsp3) is 0.667.